The fourth-order valence-electron chi connectivity index (χ4n) is 4.06. The van der Waals surface area contributed by atoms with Gasteiger partial charge in [-0.1, -0.05) is 30.3 Å². The Hall–Kier alpha value is -1.77. The van der Waals surface area contributed by atoms with Crippen molar-refractivity contribution in [2.45, 2.75) is 37.3 Å². The molecule has 3 heterocycles. The van der Waals surface area contributed by atoms with E-state index in [9.17, 15) is 15.0 Å². The number of hydrogen-bond acceptors (Lipinski definition) is 6. The van der Waals surface area contributed by atoms with E-state index in [0.29, 0.717) is 11.4 Å². The smallest absolute Gasteiger partial charge is 0.261 e. The van der Waals surface area contributed by atoms with Gasteiger partial charge in [-0.25, -0.2) is 0 Å². The van der Waals surface area contributed by atoms with Crippen molar-refractivity contribution in [1.29, 1.82) is 0 Å². The summed E-state index contributed by atoms with van der Waals surface area (Å²) in [4.78, 5) is 15.1. The third kappa shape index (κ3) is 3.79. The largest absolute Gasteiger partial charge is 0.394 e. The molecule has 0 bridgehead atoms. The van der Waals surface area contributed by atoms with E-state index < -0.39 is 12.2 Å². The normalized spacial score (nSPS) is 28.1. The van der Waals surface area contributed by atoms with Crippen molar-refractivity contribution < 1.29 is 19.7 Å². The Bertz CT molecular complexity index is 782. The number of carbonyl (C=O) groups is 1. The Morgan fingerprint density at radius 1 is 1.22 bits per heavy atom. The van der Waals surface area contributed by atoms with Gasteiger partial charge in [-0.05, 0) is 29.0 Å². The molecule has 1 aromatic carbocycles. The van der Waals surface area contributed by atoms with Gasteiger partial charge in [-0.2, -0.15) is 0 Å². The molecule has 0 saturated carbocycles. The Morgan fingerprint density at radius 2 is 2.04 bits per heavy atom. The molecule has 1 amide bonds. The highest BCUT2D eigenvalue weighted by Gasteiger charge is 2.46. The second-order valence-corrected chi connectivity index (χ2v) is 8.00. The first-order valence-electron chi connectivity index (χ1n) is 9.24. The molecule has 1 fully saturated rings. The van der Waals surface area contributed by atoms with Gasteiger partial charge in [0.05, 0.1) is 23.6 Å². The molecule has 0 spiro atoms. The third-order valence-corrected chi connectivity index (χ3v) is 6.30. The third-order valence-electron chi connectivity index (χ3n) is 5.43. The van der Waals surface area contributed by atoms with Crippen LogP contribution >= 0.6 is 11.3 Å². The number of fused-ring (bicyclic) bond motifs is 1. The van der Waals surface area contributed by atoms with Crippen LogP contribution in [-0.4, -0.2) is 65.1 Å². The van der Waals surface area contributed by atoms with Crippen LogP contribution in [0.25, 0.3) is 0 Å². The fourth-order valence-corrected chi connectivity index (χ4v) is 4.70. The van der Waals surface area contributed by atoms with E-state index in [0.717, 1.165) is 19.5 Å². The van der Waals surface area contributed by atoms with Crippen LogP contribution in [0.4, 0.5) is 0 Å². The van der Waals surface area contributed by atoms with Crippen LogP contribution in [0.5, 0.6) is 0 Å². The second kappa shape index (κ2) is 8.08. The maximum Gasteiger partial charge on any atom is 0.261 e. The Kier molecular flexibility index (Phi) is 5.56. The van der Waals surface area contributed by atoms with E-state index in [1.165, 1.54) is 22.5 Å². The predicted octanol–water partition coefficient (Wildman–Crippen LogP) is 1.03. The van der Waals surface area contributed by atoms with Gasteiger partial charge < -0.3 is 20.3 Å². The van der Waals surface area contributed by atoms with Crippen LogP contribution in [0, 0.1) is 0 Å². The van der Waals surface area contributed by atoms with Gasteiger partial charge in [0.2, 0.25) is 0 Å². The van der Waals surface area contributed by atoms with Gasteiger partial charge in [0.25, 0.3) is 5.91 Å². The number of benzene rings is 1. The molecule has 0 aliphatic carbocycles. The molecule has 2 aliphatic heterocycles. The molecule has 144 valence electrons. The lowest BCUT2D eigenvalue weighted by Gasteiger charge is -2.37. The maximum absolute atomic E-state index is 12.3. The summed E-state index contributed by atoms with van der Waals surface area (Å²) in [6, 6.07) is 11.7. The van der Waals surface area contributed by atoms with Crippen LogP contribution in [-0.2, 0) is 17.7 Å². The van der Waals surface area contributed by atoms with Crippen molar-refractivity contribution in [2.75, 3.05) is 19.7 Å². The zero-order valence-corrected chi connectivity index (χ0v) is 15.8. The van der Waals surface area contributed by atoms with Crippen LogP contribution in [0.2, 0.25) is 0 Å². The molecule has 3 N–H and O–H groups in total. The first-order chi connectivity index (χ1) is 13.2. The van der Waals surface area contributed by atoms with Crippen molar-refractivity contribution >= 4 is 17.2 Å². The van der Waals surface area contributed by atoms with Gasteiger partial charge in [0.15, 0.2) is 0 Å². The van der Waals surface area contributed by atoms with Gasteiger partial charge in [-0.15, -0.1) is 11.3 Å². The lowest BCUT2D eigenvalue weighted by atomic mass is 9.95. The number of aliphatic hydroxyl groups is 2. The molecular weight excluding hydrogens is 364 g/mol. The van der Waals surface area contributed by atoms with E-state index in [1.54, 1.807) is 6.07 Å². The number of nitrogens with one attached hydrogen (secondary N) is 1. The average Bonchev–Trinajstić information content (AvgIpc) is 3.34. The first-order valence-corrected chi connectivity index (χ1v) is 10.1. The van der Waals surface area contributed by atoms with Gasteiger partial charge in [-0.3, -0.25) is 9.69 Å². The molecule has 1 aromatic heterocycles. The van der Waals surface area contributed by atoms with E-state index in [-0.39, 0.29) is 24.7 Å². The minimum absolute atomic E-state index is 0.140. The summed E-state index contributed by atoms with van der Waals surface area (Å²) in [7, 11) is 0. The molecule has 2 aromatic rings. The number of carbonyl (C=O) groups excluding carboxylic acids is 1. The number of ether oxygens (including phenoxy) is 1. The lowest BCUT2D eigenvalue weighted by Crippen LogP contribution is -2.52. The van der Waals surface area contributed by atoms with Crippen molar-refractivity contribution in [1.82, 2.24) is 10.2 Å². The van der Waals surface area contributed by atoms with Crippen LogP contribution in [0.3, 0.4) is 0 Å². The van der Waals surface area contributed by atoms with Gasteiger partial charge in [0.1, 0.15) is 12.2 Å². The standard InChI is InChI=1S/C20H24N2O4S/c23-12-16-19(24)18(22-8-7-13-4-1-2-5-14(13)11-22)15(26-16)10-21-20(25)17-6-3-9-27-17/h1-6,9,15-16,18-19,23-24H,7-8,10-12H2,(H,21,25)/t15-,16+,18+,19-/m1/s1. The highest BCUT2D eigenvalue weighted by Crippen LogP contribution is 2.30. The Balaban J connectivity index is 1.47. The summed E-state index contributed by atoms with van der Waals surface area (Å²) in [6.07, 6.45) is -0.872. The summed E-state index contributed by atoms with van der Waals surface area (Å²) in [5, 5.41) is 25.1. The maximum atomic E-state index is 12.3. The second-order valence-electron chi connectivity index (χ2n) is 7.05. The summed E-state index contributed by atoms with van der Waals surface area (Å²) in [6.45, 7) is 1.61. The van der Waals surface area contributed by atoms with E-state index >= 15 is 0 Å². The molecular formula is C20H24N2O4S. The molecule has 4 atom stereocenters. The van der Waals surface area contributed by atoms with E-state index in [4.69, 9.17) is 4.74 Å². The quantitative estimate of drug-likeness (QED) is 0.713. The SMILES string of the molecule is O=C(NC[C@H]1O[C@@H](CO)[C@@H](O)[C@H]1N1CCc2ccccc2C1)c1cccs1. The number of aliphatic hydroxyl groups excluding tert-OH is 2. The lowest BCUT2D eigenvalue weighted by molar-refractivity contribution is -0.0209. The van der Waals surface area contributed by atoms with Crippen LogP contribution in [0.15, 0.2) is 41.8 Å². The minimum Gasteiger partial charge on any atom is -0.394 e. The zero-order valence-electron chi connectivity index (χ0n) is 15.0. The van der Waals surface area contributed by atoms with E-state index in [2.05, 4.69) is 22.3 Å². The number of amides is 1. The first kappa shape index (κ1) is 18.6. The fraction of sp³-hybridized carbons (Fsp3) is 0.450. The number of thiophene rings is 1. The number of nitrogens with zero attached hydrogens (tertiary/aromatic N) is 1. The number of hydrogen-bond donors (Lipinski definition) is 3. The zero-order chi connectivity index (χ0) is 18.8. The van der Waals surface area contributed by atoms with Crippen molar-refractivity contribution in [3.63, 3.8) is 0 Å². The summed E-state index contributed by atoms with van der Waals surface area (Å²) >= 11 is 1.39. The molecule has 2 aliphatic rings. The Labute approximate surface area is 162 Å². The summed E-state index contributed by atoms with van der Waals surface area (Å²) < 4.78 is 5.89. The van der Waals surface area contributed by atoms with E-state index in [1.807, 2.05) is 23.6 Å². The van der Waals surface area contributed by atoms with Crippen LogP contribution < -0.4 is 5.32 Å². The summed E-state index contributed by atoms with van der Waals surface area (Å²) in [5.74, 6) is -0.140. The molecule has 7 heteroatoms. The molecule has 0 unspecified atom stereocenters. The summed E-state index contributed by atoms with van der Waals surface area (Å²) in [5.41, 5.74) is 2.59. The van der Waals surface area contributed by atoms with Crippen molar-refractivity contribution in [2.24, 2.45) is 0 Å². The highest BCUT2D eigenvalue weighted by molar-refractivity contribution is 7.12. The molecule has 6 nitrogen and oxygen atoms in total. The highest BCUT2D eigenvalue weighted by atomic mass is 32.1. The predicted molar refractivity (Wildman–Crippen MR) is 103 cm³/mol. The van der Waals surface area contributed by atoms with Crippen molar-refractivity contribution in [3.8, 4) is 0 Å². The van der Waals surface area contributed by atoms with Gasteiger partial charge >= 0.3 is 0 Å². The topological polar surface area (TPSA) is 82.0 Å². The van der Waals surface area contributed by atoms with Crippen molar-refractivity contribution in [3.05, 3.63) is 57.8 Å². The Morgan fingerprint density at radius 3 is 2.78 bits per heavy atom. The minimum atomic E-state index is -0.788. The molecule has 4 rings (SSSR count). The molecule has 27 heavy (non-hydrogen) atoms. The molecule has 1 saturated heterocycles. The monoisotopic (exact) mass is 388 g/mol. The van der Waals surface area contributed by atoms with Crippen LogP contribution in [0.1, 0.15) is 20.8 Å². The number of rotatable bonds is 5. The average molecular weight is 388 g/mol. The molecule has 0 radical (unpaired) electrons. The van der Waals surface area contributed by atoms with Gasteiger partial charge in [0, 0.05) is 19.6 Å².